The molecule has 1 aliphatic rings. The summed E-state index contributed by atoms with van der Waals surface area (Å²) in [6, 6.07) is 2.12. The molecule has 18 heavy (non-hydrogen) atoms. The zero-order valence-corrected chi connectivity index (χ0v) is 11.3. The van der Waals surface area contributed by atoms with Crippen LogP contribution in [-0.4, -0.2) is 22.4 Å². The van der Waals surface area contributed by atoms with Crippen LogP contribution in [0.5, 0.6) is 0 Å². The van der Waals surface area contributed by atoms with E-state index in [1.807, 2.05) is 10.7 Å². The summed E-state index contributed by atoms with van der Waals surface area (Å²) in [5.41, 5.74) is 2.81. The number of carbonyl (C=O) groups excluding carboxylic acids is 1. The van der Waals surface area contributed by atoms with Gasteiger partial charge >= 0.3 is 5.97 Å². The van der Waals surface area contributed by atoms with Crippen molar-refractivity contribution in [2.75, 3.05) is 6.61 Å². The Bertz CT molecular complexity index is 466. The van der Waals surface area contributed by atoms with E-state index in [9.17, 15) is 4.79 Å². The minimum absolute atomic E-state index is 0.247. The average Bonchev–Trinajstić information content (AvgIpc) is 2.69. The lowest BCUT2D eigenvalue weighted by Crippen LogP contribution is -2.18. The van der Waals surface area contributed by atoms with Crippen LogP contribution >= 0.6 is 0 Å². The van der Waals surface area contributed by atoms with Gasteiger partial charge in [-0.05, 0) is 39.7 Å². The number of esters is 1. The van der Waals surface area contributed by atoms with E-state index in [1.54, 1.807) is 6.92 Å². The maximum Gasteiger partial charge on any atom is 0.358 e. The van der Waals surface area contributed by atoms with Crippen molar-refractivity contribution in [3.63, 3.8) is 0 Å². The van der Waals surface area contributed by atoms with Crippen molar-refractivity contribution in [3.05, 3.63) is 29.6 Å². The molecule has 1 fully saturated rings. The molecule has 0 radical (unpaired) electrons. The lowest BCUT2D eigenvalue weighted by Gasteiger charge is -2.29. The van der Waals surface area contributed by atoms with E-state index >= 15 is 0 Å². The fraction of sp³-hybridized carbons (Fsp3) is 0.571. The van der Waals surface area contributed by atoms with Gasteiger partial charge in [0.1, 0.15) is 0 Å². The summed E-state index contributed by atoms with van der Waals surface area (Å²) in [7, 11) is 0. The lowest BCUT2D eigenvalue weighted by atomic mass is 9.79. The second kappa shape index (κ2) is 4.96. The Labute approximate surface area is 108 Å². The predicted octanol–water partition coefficient (Wildman–Crippen LogP) is 3.07. The monoisotopic (exact) mass is 248 g/mol. The third-order valence-electron chi connectivity index (χ3n) is 3.23. The Kier molecular flexibility index (Phi) is 3.55. The Morgan fingerprint density at radius 3 is 2.78 bits per heavy atom. The SMILES string of the molecule is C=C1CC(c2cc(C(=O)OCC)nn2C(C)C)C1. The van der Waals surface area contributed by atoms with Crippen LogP contribution in [0.2, 0.25) is 0 Å². The van der Waals surface area contributed by atoms with E-state index in [0.717, 1.165) is 18.5 Å². The maximum atomic E-state index is 11.7. The summed E-state index contributed by atoms with van der Waals surface area (Å²) in [5, 5.41) is 4.37. The molecule has 0 N–H and O–H groups in total. The van der Waals surface area contributed by atoms with Crippen LogP contribution < -0.4 is 0 Å². The largest absolute Gasteiger partial charge is 0.461 e. The second-order valence-corrected chi connectivity index (χ2v) is 5.07. The van der Waals surface area contributed by atoms with Crippen LogP contribution in [-0.2, 0) is 4.74 Å². The average molecular weight is 248 g/mol. The van der Waals surface area contributed by atoms with Crippen LogP contribution in [0.25, 0.3) is 0 Å². The highest BCUT2D eigenvalue weighted by atomic mass is 16.5. The molecule has 0 aromatic carbocycles. The lowest BCUT2D eigenvalue weighted by molar-refractivity contribution is 0.0518. The van der Waals surface area contributed by atoms with Gasteiger partial charge in [0.2, 0.25) is 0 Å². The molecule has 4 nitrogen and oxygen atoms in total. The highest BCUT2D eigenvalue weighted by molar-refractivity contribution is 5.87. The molecule has 2 rings (SSSR count). The molecule has 1 heterocycles. The van der Waals surface area contributed by atoms with Crippen LogP contribution in [0.3, 0.4) is 0 Å². The van der Waals surface area contributed by atoms with Crippen molar-refractivity contribution in [3.8, 4) is 0 Å². The summed E-state index contributed by atoms with van der Waals surface area (Å²) in [6.45, 7) is 10.3. The predicted molar refractivity (Wildman–Crippen MR) is 69.7 cm³/mol. The van der Waals surface area contributed by atoms with Gasteiger partial charge in [0.25, 0.3) is 0 Å². The van der Waals surface area contributed by atoms with Gasteiger partial charge < -0.3 is 4.74 Å². The number of hydrogen-bond donors (Lipinski definition) is 0. The summed E-state index contributed by atoms with van der Waals surface area (Å²) < 4.78 is 6.93. The minimum atomic E-state index is -0.337. The highest BCUT2D eigenvalue weighted by Crippen LogP contribution is 2.40. The van der Waals surface area contributed by atoms with Gasteiger partial charge in [0.15, 0.2) is 5.69 Å². The zero-order valence-electron chi connectivity index (χ0n) is 11.3. The van der Waals surface area contributed by atoms with E-state index in [1.165, 1.54) is 5.57 Å². The van der Waals surface area contributed by atoms with Gasteiger partial charge in [-0.2, -0.15) is 5.10 Å². The second-order valence-electron chi connectivity index (χ2n) is 5.07. The molecule has 0 atom stereocenters. The molecule has 1 aromatic rings. The first kappa shape index (κ1) is 12.9. The Morgan fingerprint density at radius 2 is 2.28 bits per heavy atom. The quantitative estimate of drug-likeness (QED) is 0.607. The van der Waals surface area contributed by atoms with Crippen LogP contribution in [0.4, 0.5) is 0 Å². The molecule has 0 spiro atoms. The normalized spacial score (nSPS) is 15.9. The molecule has 1 aliphatic carbocycles. The molecule has 0 bridgehead atoms. The van der Waals surface area contributed by atoms with Crippen molar-refractivity contribution < 1.29 is 9.53 Å². The summed E-state index contributed by atoms with van der Waals surface area (Å²) in [5.74, 6) is 0.117. The summed E-state index contributed by atoms with van der Waals surface area (Å²) in [6.07, 6.45) is 2.00. The summed E-state index contributed by atoms with van der Waals surface area (Å²) >= 11 is 0. The maximum absolute atomic E-state index is 11.7. The van der Waals surface area contributed by atoms with Crippen molar-refractivity contribution in [2.24, 2.45) is 0 Å². The summed E-state index contributed by atoms with van der Waals surface area (Å²) in [4.78, 5) is 11.7. The Morgan fingerprint density at radius 1 is 1.61 bits per heavy atom. The van der Waals surface area contributed by atoms with Gasteiger partial charge in [0, 0.05) is 17.7 Å². The molecule has 98 valence electrons. The molecular weight excluding hydrogens is 228 g/mol. The highest BCUT2D eigenvalue weighted by Gasteiger charge is 2.29. The molecule has 1 aromatic heterocycles. The molecule has 1 saturated carbocycles. The minimum Gasteiger partial charge on any atom is -0.461 e. The van der Waals surface area contributed by atoms with Crippen LogP contribution in [0, 0.1) is 0 Å². The van der Waals surface area contributed by atoms with Gasteiger partial charge in [-0.1, -0.05) is 12.2 Å². The van der Waals surface area contributed by atoms with E-state index in [2.05, 4.69) is 25.5 Å². The molecular formula is C14H20N2O2. The van der Waals surface area contributed by atoms with E-state index in [0.29, 0.717) is 18.2 Å². The zero-order chi connectivity index (χ0) is 13.3. The van der Waals surface area contributed by atoms with Gasteiger partial charge in [-0.25, -0.2) is 4.79 Å². The standard InChI is InChI=1S/C14H20N2O2/c1-5-18-14(17)12-8-13(11-6-10(4)7-11)16(15-12)9(2)3/h8-9,11H,4-7H2,1-3H3. The van der Waals surface area contributed by atoms with Gasteiger partial charge in [-0.15, -0.1) is 0 Å². The van der Waals surface area contributed by atoms with Gasteiger partial charge in [0.05, 0.1) is 6.61 Å². The van der Waals surface area contributed by atoms with Gasteiger partial charge in [-0.3, -0.25) is 4.68 Å². The van der Waals surface area contributed by atoms with Crippen LogP contribution in [0.15, 0.2) is 18.2 Å². The fourth-order valence-corrected chi connectivity index (χ4v) is 2.28. The number of carbonyl (C=O) groups is 1. The van der Waals surface area contributed by atoms with Crippen molar-refractivity contribution in [1.82, 2.24) is 9.78 Å². The first-order valence-electron chi connectivity index (χ1n) is 6.46. The third-order valence-corrected chi connectivity index (χ3v) is 3.23. The molecule has 0 unspecified atom stereocenters. The van der Waals surface area contributed by atoms with Crippen LogP contribution in [0.1, 0.15) is 61.8 Å². The van der Waals surface area contributed by atoms with E-state index in [-0.39, 0.29) is 12.0 Å². The number of rotatable bonds is 4. The topological polar surface area (TPSA) is 44.1 Å². The van der Waals surface area contributed by atoms with E-state index < -0.39 is 0 Å². The Balaban J connectivity index is 2.27. The van der Waals surface area contributed by atoms with E-state index in [4.69, 9.17) is 4.74 Å². The number of aromatic nitrogens is 2. The number of hydrogen-bond acceptors (Lipinski definition) is 3. The van der Waals surface area contributed by atoms with Crippen molar-refractivity contribution in [2.45, 2.75) is 45.6 Å². The Hall–Kier alpha value is -1.58. The molecule has 0 aliphatic heterocycles. The number of nitrogens with zero attached hydrogens (tertiary/aromatic N) is 2. The third kappa shape index (κ3) is 2.33. The molecule has 4 heteroatoms. The van der Waals surface area contributed by atoms with Crippen molar-refractivity contribution in [1.29, 1.82) is 0 Å². The number of ether oxygens (including phenoxy) is 1. The first-order chi connectivity index (χ1) is 8.52. The first-order valence-corrected chi connectivity index (χ1v) is 6.46. The molecule has 0 amide bonds. The fourth-order valence-electron chi connectivity index (χ4n) is 2.28. The van der Waals surface area contributed by atoms with Crippen molar-refractivity contribution >= 4 is 5.97 Å². The smallest absolute Gasteiger partial charge is 0.358 e. The number of allylic oxidation sites excluding steroid dienone is 1. The molecule has 0 saturated heterocycles.